The standard InChI is InChI=1S/C16H14Cl2FNO2/c1-8-6-10(9-4-2-3-5-11(9)17)15(18)14(16(8)19)12(20)7-13(21)22/h2-6,12H,7,20H2,1H3,(H,21,22). The molecule has 0 spiro atoms. The van der Waals surface area contributed by atoms with E-state index in [4.69, 9.17) is 34.0 Å². The third kappa shape index (κ3) is 3.24. The Balaban J connectivity index is 2.66. The highest BCUT2D eigenvalue weighted by Crippen LogP contribution is 2.39. The number of rotatable bonds is 4. The number of hydrogen-bond donors (Lipinski definition) is 2. The van der Waals surface area contributed by atoms with Gasteiger partial charge in [-0.05, 0) is 24.6 Å². The Kier molecular flexibility index (Phi) is 5.06. The van der Waals surface area contributed by atoms with Crippen LogP contribution in [-0.2, 0) is 4.79 Å². The topological polar surface area (TPSA) is 63.3 Å². The summed E-state index contributed by atoms with van der Waals surface area (Å²) < 4.78 is 14.4. The lowest BCUT2D eigenvalue weighted by Crippen LogP contribution is -2.18. The number of halogens is 3. The van der Waals surface area contributed by atoms with Gasteiger partial charge in [-0.15, -0.1) is 0 Å². The number of benzene rings is 2. The molecule has 1 unspecified atom stereocenters. The van der Waals surface area contributed by atoms with Crippen LogP contribution in [0.1, 0.15) is 23.6 Å². The predicted octanol–water partition coefficient (Wildman–Crippen LogP) is 4.58. The van der Waals surface area contributed by atoms with E-state index < -0.39 is 24.2 Å². The van der Waals surface area contributed by atoms with Crippen LogP contribution in [0.3, 0.4) is 0 Å². The molecule has 0 radical (unpaired) electrons. The summed E-state index contributed by atoms with van der Waals surface area (Å²) in [7, 11) is 0. The van der Waals surface area contributed by atoms with E-state index in [1.165, 1.54) is 0 Å². The van der Waals surface area contributed by atoms with Crippen LogP contribution in [0.15, 0.2) is 30.3 Å². The van der Waals surface area contributed by atoms with Crippen LogP contribution in [0.2, 0.25) is 10.0 Å². The molecule has 0 heterocycles. The van der Waals surface area contributed by atoms with E-state index in [9.17, 15) is 9.18 Å². The van der Waals surface area contributed by atoms with Gasteiger partial charge in [0.05, 0.1) is 11.4 Å². The molecule has 0 fully saturated rings. The second-order valence-electron chi connectivity index (χ2n) is 4.97. The molecule has 0 saturated heterocycles. The van der Waals surface area contributed by atoms with Gasteiger partial charge < -0.3 is 10.8 Å². The van der Waals surface area contributed by atoms with Gasteiger partial charge in [-0.2, -0.15) is 0 Å². The minimum absolute atomic E-state index is 0.000939. The first-order chi connectivity index (χ1) is 10.3. The van der Waals surface area contributed by atoms with Crippen molar-refractivity contribution in [2.75, 3.05) is 0 Å². The second-order valence-corrected chi connectivity index (χ2v) is 5.75. The summed E-state index contributed by atoms with van der Waals surface area (Å²) >= 11 is 12.5. The van der Waals surface area contributed by atoms with Crippen molar-refractivity contribution in [2.24, 2.45) is 5.73 Å². The van der Waals surface area contributed by atoms with Gasteiger partial charge in [-0.3, -0.25) is 4.79 Å². The molecule has 0 aromatic heterocycles. The Hall–Kier alpha value is -1.62. The normalized spacial score (nSPS) is 12.2. The fourth-order valence-electron chi connectivity index (χ4n) is 2.29. The average molecular weight is 342 g/mol. The lowest BCUT2D eigenvalue weighted by Gasteiger charge is -2.18. The maximum atomic E-state index is 14.4. The molecular weight excluding hydrogens is 328 g/mol. The van der Waals surface area contributed by atoms with Gasteiger partial charge in [0, 0.05) is 27.8 Å². The summed E-state index contributed by atoms with van der Waals surface area (Å²) in [6.07, 6.45) is -0.415. The van der Waals surface area contributed by atoms with E-state index in [-0.39, 0.29) is 10.6 Å². The Morgan fingerprint density at radius 3 is 2.55 bits per heavy atom. The highest BCUT2D eigenvalue weighted by atomic mass is 35.5. The van der Waals surface area contributed by atoms with E-state index in [1.54, 1.807) is 37.3 Å². The van der Waals surface area contributed by atoms with Crippen molar-refractivity contribution in [3.05, 3.63) is 57.3 Å². The largest absolute Gasteiger partial charge is 0.481 e. The molecule has 0 bridgehead atoms. The fraction of sp³-hybridized carbons (Fsp3) is 0.188. The Labute approximate surface area is 137 Å². The van der Waals surface area contributed by atoms with Gasteiger partial charge in [-0.1, -0.05) is 41.4 Å². The molecule has 0 aliphatic heterocycles. The van der Waals surface area contributed by atoms with Crippen molar-refractivity contribution in [2.45, 2.75) is 19.4 Å². The number of carboxylic acid groups (broad SMARTS) is 1. The van der Waals surface area contributed by atoms with Gasteiger partial charge in [0.25, 0.3) is 0 Å². The van der Waals surface area contributed by atoms with Gasteiger partial charge in [0.1, 0.15) is 5.82 Å². The van der Waals surface area contributed by atoms with Crippen LogP contribution >= 0.6 is 23.2 Å². The Morgan fingerprint density at radius 1 is 1.32 bits per heavy atom. The first-order valence-electron chi connectivity index (χ1n) is 6.53. The molecule has 3 nitrogen and oxygen atoms in total. The van der Waals surface area contributed by atoms with E-state index in [0.717, 1.165) is 0 Å². The third-order valence-electron chi connectivity index (χ3n) is 3.35. The van der Waals surface area contributed by atoms with Crippen LogP contribution < -0.4 is 5.73 Å². The zero-order chi connectivity index (χ0) is 16.4. The van der Waals surface area contributed by atoms with E-state index >= 15 is 0 Å². The first kappa shape index (κ1) is 16.7. The minimum atomic E-state index is -1.12. The van der Waals surface area contributed by atoms with Gasteiger partial charge in [0.15, 0.2) is 0 Å². The fourth-order valence-corrected chi connectivity index (χ4v) is 2.91. The SMILES string of the molecule is Cc1cc(-c2ccccc2Cl)c(Cl)c(C(N)CC(=O)O)c1F. The van der Waals surface area contributed by atoms with Gasteiger partial charge in [-0.25, -0.2) is 4.39 Å². The number of nitrogens with two attached hydrogens (primary N) is 1. The molecule has 2 rings (SSSR count). The van der Waals surface area contributed by atoms with Crippen molar-refractivity contribution in [3.8, 4) is 11.1 Å². The molecule has 0 aliphatic rings. The van der Waals surface area contributed by atoms with Crippen molar-refractivity contribution in [1.29, 1.82) is 0 Å². The number of carboxylic acids is 1. The average Bonchev–Trinajstić information content (AvgIpc) is 2.43. The van der Waals surface area contributed by atoms with Crippen molar-refractivity contribution in [1.82, 2.24) is 0 Å². The van der Waals surface area contributed by atoms with Crippen LogP contribution in [0, 0.1) is 12.7 Å². The summed E-state index contributed by atoms with van der Waals surface area (Å²) in [6, 6.07) is 7.55. The smallest absolute Gasteiger partial charge is 0.305 e. The summed E-state index contributed by atoms with van der Waals surface area (Å²) in [5.74, 6) is -1.71. The second kappa shape index (κ2) is 6.65. The summed E-state index contributed by atoms with van der Waals surface area (Å²) in [5, 5.41) is 9.41. The van der Waals surface area contributed by atoms with Gasteiger partial charge >= 0.3 is 5.97 Å². The molecule has 22 heavy (non-hydrogen) atoms. The summed E-state index contributed by atoms with van der Waals surface area (Å²) in [4.78, 5) is 10.8. The van der Waals surface area contributed by atoms with Crippen molar-refractivity contribution in [3.63, 3.8) is 0 Å². The van der Waals surface area contributed by atoms with Crippen LogP contribution in [-0.4, -0.2) is 11.1 Å². The predicted molar refractivity (Wildman–Crippen MR) is 85.8 cm³/mol. The highest BCUT2D eigenvalue weighted by molar-refractivity contribution is 6.37. The zero-order valence-corrected chi connectivity index (χ0v) is 13.2. The lowest BCUT2D eigenvalue weighted by molar-refractivity contribution is -0.137. The summed E-state index contributed by atoms with van der Waals surface area (Å²) in [5.41, 5.74) is 7.31. The van der Waals surface area contributed by atoms with Crippen LogP contribution in [0.25, 0.3) is 11.1 Å². The number of aryl methyl sites for hydroxylation is 1. The molecule has 0 aliphatic carbocycles. The quantitative estimate of drug-likeness (QED) is 0.855. The number of hydrogen-bond acceptors (Lipinski definition) is 2. The monoisotopic (exact) mass is 341 g/mol. The molecule has 2 aromatic rings. The lowest BCUT2D eigenvalue weighted by atomic mass is 9.94. The zero-order valence-electron chi connectivity index (χ0n) is 11.7. The number of aliphatic carboxylic acids is 1. The van der Waals surface area contributed by atoms with E-state index in [2.05, 4.69) is 0 Å². The molecule has 1 atom stereocenters. The van der Waals surface area contributed by atoms with Crippen molar-refractivity contribution < 1.29 is 14.3 Å². The van der Waals surface area contributed by atoms with E-state index in [1.807, 2.05) is 0 Å². The molecule has 0 amide bonds. The highest BCUT2D eigenvalue weighted by Gasteiger charge is 2.23. The molecule has 6 heteroatoms. The maximum Gasteiger partial charge on any atom is 0.305 e. The van der Waals surface area contributed by atoms with Crippen LogP contribution in [0.5, 0.6) is 0 Å². The third-order valence-corrected chi connectivity index (χ3v) is 4.08. The molecular formula is C16H14Cl2FNO2. The summed E-state index contributed by atoms with van der Waals surface area (Å²) in [6.45, 7) is 1.57. The molecule has 116 valence electrons. The Bertz CT molecular complexity index is 734. The maximum absolute atomic E-state index is 14.4. The van der Waals surface area contributed by atoms with Crippen LogP contribution in [0.4, 0.5) is 4.39 Å². The van der Waals surface area contributed by atoms with E-state index in [0.29, 0.717) is 21.7 Å². The molecule has 2 aromatic carbocycles. The molecule has 3 N–H and O–H groups in total. The van der Waals surface area contributed by atoms with Crippen molar-refractivity contribution >= 4 is 29.2 Å². The number of carbonyl (C=O) groups is 1. The minimum Gasteiger partial charge on any atom is -0.481 e. The first-order valence-corrected chi connectivity index (χ1v) is 7.29. The Morgan fingerprint density at radius 2 is 1.95 bits per heavy atom. The molecule has 0 saturated carbocycles. The van der Waals surface area contributed by atoms with Gasteiger partial charge in [0.2, 0.25) is 0 Å².